The first-order valence-electron chi connectivity index (χ1n) is 8.34. The molecule has 0 saturated carbocycles. The predicted molar refractivity (Wildman–Crippen MR) is 99.0 cm³/mol. The SMILES string of the molecule is COc1ccc(-c2nn(-c3ccccc3C#N)c3c2CCN3)cc1OC. The summed E-state index contributed by atoms with van der Waals surface area (Å²) in [5.41, 5.74) is 4.34. The van der Waals surface area contributed by atoms with Crippen molar-refractivity contribution >= 4 is 5.82 Å². The lowest BCUT2D eigenvalue weighted by Crippen LogP contribution is -2.05. The van der Waals surface area contributed by atoms with Crippen molar-refractivity contribution in [3.8, 4) is 34.5 Å². The van der Waals surface area contributed by atoms with E-state index < -0.39 is 0 Å². The molecule has 0 fully saturated rings. The van der Waals surface area contributed by atoms with Gasteiger partial charge >= 0.3 is 0 Å². The Labute approximate surface area is 151 Å². The van der Waals surface area contributed by atoms with E-state index in [1.165, 1.54) is 0 Å². The Hall–Kier alpha value is -3.46. The molecule has 1 N–H and O–H groups in total. The topological polar surface area (TPSA) is 72.1 Å². The Bertz CT molecular complexity index is 1020. The van der Waals surface area contributed by atoms with Gasteiger partial charge in [0, 0.05) is 17.7 Å². The molecule has 0 unspecified atom stereocenters. The maximum atomic E-state index is 9.44. The number of methoxy groups -OCH3 is 2. The third-order valence-electron chi connectivity index (χ3n) is 4.56. The third-order valence-corrected chi connectivity index (χ3v) is 4.56. The molecule has 0 radical (unpaired) electrons. The van der Waals surface area contributed by atoms with Crippen LogP contribution in [0.2, 0.25) is 0 Å². The van der Waals surface area contributed by atoms with Gasteiger partial charge in [0.2, 0.25) is 0 Å². The number of hydrogen-bond donors (Lipinski definition) is 1. The van der Waals surface area contributed by atoms with Crippen molar-refractivity contribution in [1.29, 1.82) is 5.26 Å². The Morgan fingerprint density at radius 3 is 2.69 bits per heavy atom. The summed E-state index contributed by atoms with van der Waals surface area (Å²) in [6.07, 6.45) is 0.883. The Kier molecular flexibility index (Phi) is 3.98. The van der Waals surface area contributed by atoms with Gasteiger partial charge in [0.15, 0.2) is 11.5 Å². The number of benzene rings is 2. The molecule has 1 aliphatic rings. The van der Waals surface area contributed by atoms with Crippen molar-refractivity contribution in [2.75, 3.05) is 26.1 Å². The van der Waals surface area contributed by atoms with Crippen molar-refractivity contribution < 1.29 is 9.47 Å². The quantitative estimate of drug-likeness (QED) is 0.784. The van der Waals surface area contributed by atoms with E-state index in [0.29, 0.717) is 17.1 Å². The minimum Gasteiger partial charge on any atom is -0.493 e. The molecule has 0 bridgehead atoms. The van der Waals surface area contributed by atoms with Gasteiger partial charge in [-0.3, -0.25) is 0 Å². The molecule has 0 amide bonds. The van der Waals surface area contributed by atoms with Crippen molar-refractivity contribution in [1.82, 2.24) is 9.78 Å². The zero-order valence-corrected chi connectivity index (χ0v) is 14.6. The number of para-hydroxylation sites is 1. The molecule has 3 aromatic rings. The lowest BCUT2D eigenvalue weighted by atomic mass is 10.1. The zero-order chi connectivity index (χ0) is 18.1. The van der Waals surface area contributed by atoms with Crippen LogP contribution in [0.4, 0.5) is 5.82 Å². The van der Waals surface area contributed by atoms with E-state index in [2.05, 4.69) is 11.4 Å². The van der Waals surface area contributed by atoms with E-state index in [1.54, 1.807) is 20.3 Å². The lowest BCUT2D eigenvalue weighted by molar-refractivity contribution is 0.355. The van der Waals surface area contributed by atoms with Gasteiger partial charge in [-0.05, 0) is 36.8 Å². The molecule has 6 heteroatoms. The highest BCUT2D eigenvalue weighted by atomic mass is 16.5. The predicted octanol–water partition coefficient (Wildman–Crippen LogP) is 3.40. The summed E-state index contributed by atoms with van der Waals surface area (Å²) >= 11 is 0. The lowest BCUT2D eigenvalue weighted by Gasteiger charge is -2.09. The smallest absolute Gasteiger partial charge is 0.161 e. The molecule has 26 heavy (non-hydrogen) atoms. The highest BCUT2D eigenvalue weighted by Crippen LogP contribution is 2.38. The number of anilines is 1. The Morgan fingerprint density at radius 2 is 1.92 bits per heavy atom. The van der Waals surface area contributed by atoms with Crippen LogP contribution < -0.4 is 14.8 Å². The van der Waals surface area contributed by atoms with Crippen LogP contribution in [0, 0.1) is 11.3 Å². The Balaban J connectivity index is 1.89. The number of aromatic nitrogens is 2. The number of fused-ring (bicyclic) bond motifs is 1. The van der Waals surface area contributed by atoms with Gasteiger partial charge in [-0.1, -0.05) is 12.1 Å². The molecule has 2 aromatic carbocycles. The molecule has 0 saturated heterocycles. The van der Waals surface area contributed by atoms with Crippen molar-refractivity contribution in [2.45, 2.75) is 6.42 Å². The third kappa shape index (κ3) is 2.45. The molecular weight excluding hydrogens is 328 g/mol. The highest BCUT2D eigenvalue weighted by Gasteiger charge is 2.25. The fraction of sp³-hybridized carbons (Fsp3) is 0.200. The van der Waals surface area contributed by atoms with Crippen LogP contribution in [0.5, 0.6) is 11.5 Å². The largest absolute Gasteiger partial charge is 0.493 e. The summed E-state index contributed by atoms with van der Waals surface area (Å²) in [5.74, 6) is 2.29. The van der Waals surface area contributed by atoms with Gasteiger partial charge in [0.1, 0.15) is 11.9 Å². The fourth-order valence-electron chi connectivity index (χ4n) is 3.32. The maximum absolute atomic E-state index is 9.44. The summed E-state index contributed by atoms with van der Waals surface area (Å²) in [6, 6.07) is 15.5. The van der Waals surface area contributed by atoms with Crippen LogP contribution in [-0.2, 0) is 6.42 Å². The van der Waals surface area contributed by atoms with Crippen LogP contribution in [0.15, 0.2) is 42.5 Å². The average molecular weight is 346 g/mol. The summed E-state index contributed by atoms with van der Waals surface area (Å²) in [5, 5.41) is 17.6. The number of nitrogens with one attached hydrogen (secondary N) is 1. The van der Waals surface area contributed by atoms with Gasteiger partial charge in [-0.15, -0.1) is 0 Å². The van der Waals surface area contributed by atoms with Crippen LogP contribution in [0.3, 0.4) is 0 Å². The molecule has 0 atom stereocenters. The second-order valence-electron chi connectivity index (χ2n) is 5.96. The van der Waals surface area contributed by atoms with Gasteiger partial charge < -0.3 is 14.8 Å². The van der Waals surface area contributed by atoms with E-state index in [9.17, 15) is 5.26 Å². The van der Waals surface area contributed by atoms with Gasteiger partial charge in [0.05, 0.1) is 31.2 Å². The summed E-state index contributed by atoms with van der Waals surface area (Å²) < 4.78 is 12.6. The summed E-state index contributed by atoms with van der Waals surface area (Å²) in [6.45, 7) is 0.849. The second-order valence-corrected chi connectivity index (χ2v) is 5.96. The minimum atomic E-state index is 0.588. The number of rotatable bonds is 4. The zero-order valence-electron chi connectivity index (χ0n) is 14.6. The molecule has 0 aliphatic carbocycles. The standard InChI is InChI=1S/C20H18N4O2/c1-25-17-8-7-13(11-18(17)26-2)19-15-9-10-22-20(15)24(23-19)16-6-4-3-5-14(16)12-21/h3-8,11,22H,9-10H2,1-2H3. The first-order chi connectivity index (χ1) is 12.8. The molecule has 1 aromatic heterocycles. The van der Waals surface area contributed by atoms with Gasteiger partial charge in [-0.2, -0.15) is 10.4 Å². The molecule has 2 heterocycles. The van der Waals surface area contributed by atoms with Gasteiger partial charge in [-0.25, -0.2) is 4.68 Å². The molecular formula is C20H18N4O2. The monoisotopic (exact) mass is 346 g/mol. The first-order valence-corrected chi connectivity index (χ1v) is 8.34. The first kappa shape index (κ1) is 16.0. The summed E-state index contributed by atoms with van der Waals surface area (Å²) in [4.78, 5) is 0. The normalized spacial score (nSPS) is 12.2. The van der Waals surface area contributed by atoms with Crippen LogP contribution in [0.25, 0.3) is 16.9 Å². The number of nitriles is 1. The van der Waals surface area contributed by atoms with Crippen molar-refractivity contribution in [3.05, 3.63) is 53.6 Å². The van der Waals surface area contributed by atoms with E-state index in [-0.39, 0.29) is 0 Å². The fourth-order valence-corrected chi connectivity index (χ4v) is 3.32. The molecule has 130 valence electrons. The van der Waals surface area contributed by atoms with E-state index >= 15 is 0 Å². The highest BCUT2D eigenvalue weighted by molar-refractivity contribution is 5.75. The van der Waals surface area contributed by atoms with E-state index in [4.69, 9.17) is 14.6 Å². The van der Waals surface area contributed by atoms with Crippen LogP contribution in [0.1, 0.15) is 11.1 Å². The van der Waals surface area contributed by atoms with E-state index in [1.807, 2.05) is 41.1 Å². The van der Waals surface area contributed by atoms with Gasteiger partial charge in [0.25, 0.3) is 0 Å². The average Bonchev–Trinajstić information content (AvgIpc) is 3.30. The molecule has 4 rings (SSSR count). The molecule has 1 aliphatic heterocycles. The maximum Gasteiger partial charge on any atom is 0.161 e. The molecule has 6 nitrogen and oxygen atoms in total. The summed E-state index contributed by atoms with van der Waals surface area (Å²) in [7, 11) is 3.24. The van der Waals surface area contributed by atoms with E-state index in [0.717, 1.165) is 41.3 Å². The Morgan fingerprint density at radius 1 is 1.12 bits per heavy atom. The van der Waals surface area contributed by atoms with Crippen LogP contribution in [-0.4, -0.2) is 30.5 Å². The minimum absolute atomic E-state index is 0.588. The molecule has 0 spiro atoms. The number of ether oxygens (including phenoxy) is 2. The van der Waals surface area contributed by atoms with Crippen LogP contribution >= 0.6 is 0 Å². The van der Waals surface area contributed by atoms with Crippen molar-refractivity contribution in [2.24, 2.45) is 0 Å². The van der Waals surface area contributed by atoms with Crippen molar-refractivity contribution in [3.63, 3.8) is 0 Å². The second kappa shape index (κ2) is 6.45. The number of hydrogen-bond acceptors (Lipinski definition) is 5. The number of nitrogens with zero attached hydrogens (tertiary/aromatic N) is 3.